The molecular weight excluding hydrogens is 436 g/mol. The molecule has 0 aliphatic carbocycles. The normalized spacial score (nSPS) is 10.0. The van der Waals surface area contributed by atoms with Crippen LogP contribution in [0.25, 0.3) is 5.73 Å². The Hall–Kier alpha value is 1.66. The Balaban J connectivity index is -0.000000553. The van der Waals surface area contributed by atoms with Crippen molar-refractivity contribution in [2.75, 3.05) is 6.54 Å². The van der Waals surface area contributed by atoms with Crippen molar-refractivity contribution >= 4 is 5.97 Å². The summed E-state index contributed by atoms with van der Waals surface area (Å²) < 4.78 is 0. The van der Waals surface area contributed by atoms with Crippen molar-refractivity contribution in [2.24, 2.45) is 0 Å². The van der Waals surface area contributed by atoms with Gasteiger partial charge in [-0.3, -0.25) is 0 Å². The minimum absolute atomic E-state index is 0. The number of hydrogen-bond donors (Lipinski definition) is 0. The summed E-state index contributed by atoms with van der Waals surface area (Å²) in [5, 5.41) is 10.1. The number of hydrogen-bond acceptors (Lipinski definition) is 2. The fourth-order valence-electron chi connectivity index (χ4n) is 3.14. The summed E-state index contributed by atoms with van der Waals surface area (Å²) in [7, 11) is 0. The van der Waals surface area contributed by atoms with Crippen molar-refractivity contribution in [3.8, 4) is 0 Å². The van der Waals surface area contributed by atoms with Crippen molar-refractivity contribution in [2.45, 2.75) is 103 Å². The smallest absolute Gasteiger partial charge is 0.677 e. The minimum Gasteiger partial charge on any atom is -0.677 e. The van der Waals surface area contributed by atoms with Gasteiger partial charge in [0.05, 0.1) is 0 Å². The predicted molar refractivity (Wildman–Crippen MR) is 124 cm³/mol. The van der Waals surface area contributed by atoms with E-state index < -0.39 is 5.97 Å². The summed E-state index contributed by atoms with van der Waals surface area (Å²) in [6.07, 6.45) is 23.5. The van der Waals surface area contributed by atoms with Crippen molar-refractivity contribution in [3.63, 3.8) is 0 Å². The third-order valence-electron chi connectivity index (χ3n) is 4.88. The van der Waals surface area contributed by atoms with Crippen LogP contribution in [0.1, 0.15) is 102 Å². The van der Waals surface area contributed by atoms with Crippen LogP contribution in [0.4, 0.5) is 0 Å². The summed E-state index contributed by atoms with van der Waals surface area (Å²) in [4.78, 5) is 10.1. The van der Waals surface area contributed by atoms with Gasteiger partial charge in [0.2, 0.25) is 0 Å². The predicted octanol–water partition coefficient (Wildman–Crippen LogP) is 1.06. The zero-order valence-corrected chi connectivity index (χ0v) is 26.9. The second-order valence-corrected chi connectivity index (χ2v) is 7.72. The standard InChI is InChI=1S/C18H36N.C8H8O2.2K/c1-2-3-4-5-6-7-8-9-10-11-12-13-14-15-16-17-18-19;9-8(10)6-7-4-2-1-3-5-7;;/h9-10,19H,2-8,11-18H2,1H3;1-5H,6H2,(H,9,10);;/q-1;;2*+1/p-1/b10-9-;;;. The first-order valence-electron chi connectivity index (χ1n) is 11.7. The molecule has 0 amide bonds. The van der Waals surface area contributed by atoms with E-state index in [1.807, 2.05) is 6.07 Å². The molecule has 0 saturated heterocycles. The molecule has 1 N–H and O–H groups in total. The van der Waals surface area contributed by atoms with Crippen LogP contribution < -0.4 is 108 Å². The largest absolute Gasteiger partial charge is 1.00 e. The van der Waals surface area contributed by atoms with Crippen molar-refractivity contribution in [1.82, 2.24) is 0 Å². The number of allylic oxidation sites excluding steroid dienone is 2. The molecule has 1 aromatic carbocycles. The average molecular weight is 480 g/mol. The molecule has 31 heavy (non-hydrogen) atoms. The maximum atomic E-state index is 10.1. The quantitative estimate of drug-likeness (QED) is 0.191. The maximum Gasteiger partial charge on any atom is 1.00 e. The second-order valence-electron chi connectivity index (χ2n) is 7.72. The summed E-state index contributed by atoms with van der Waals surface area (Å²) >= 11 is 0. The molecule has 0 radical (unpaired) electrons. The molecular formula is C26H43K2NO2. The van der Waals surface area contributed by atoms with Crippen molar-refractivity contribution in [3.05, 3.63) is 53.8 Å². The van der Waals surface area contributed by atoms with Gasteiger partial charge in [0.25, 0.3) is 0 Å². The van der Waals surface area contributed by atoms with Crippen LogP contribution in [0.15, 0.2) is 42.5 Å². The number of rotatable bonds is 17. The van der Waals surface area contributed by atoms with E-state index >= 15 is 0 Å². The summed E-state index contributed by atoms with van der Waals surface area (Å²) in [6.45, 7) is 2.89. The first-order valence-corrected chi connectivity index (χ1v) is 11.7. The van der Waals surface area contributed by atoms with Gasteiger partial charge in [-0.2, -0.15) is 6.54 Å². The zero-order chi connectivity index (χ0) is 21.4. The van der Waals surface area contributed by atoms with Crippen molar-refractivity contribution in [1.29, 1.82) is 0 Å². The van der Waals surface area contributed by atoms with E-state index in [2.05, 4.69) is 19.1 Å². The Labute approximate surface area is 277 Å². The number of carboxylic acids is 1. The molecule has 0 atom stereocenters. The van der Waals surface area contributed by atoms with Crippen LogP contribution in [0.2, 0.25) is 0 Å². The SMILES string of the molecule is CCCCCCCC/C=C\CCCCCCCC[NH-].O=C([O-])Cc1ccccc1.[K+].[K+]. The van der Waals surface area contributed by atoms with Gasteiger partial charge in [0, 0.05) is 12.4 Å². The third kappa shape index (κ3) is 31.7. The van der Waals surface area contributed by atoms with E-state index in [0.29, 0.717) is 6.54 Å². The molecule has 0 aliphatic heterocycles. The van der Waals surface area contributed by atoms with Crippen LogP contribution in [-0.2, 0) is 11.2 Å². The molecule has 1 aromatic rings. The topological polar surface area (TPSA) is 63.9 Å². The molecule has 5 heteroatoms. The molecule has 0 aromatic heterocycles. The van der Waals surface area contributed by atoms with Gasteiger partial charge in [0.1, 0.15) is 0 Å². The zero-order valence-electron chi connectivity index (χ0n) is 20.7. The van der Waals surface area contributed by atoms with Gasteiger partial charge in [0.15, 0.2) is 0 Å². The van der Waals surface area contributed by atoms with Gasteiger partial charge in [-0.05, 0) is 31.2 Å². The fraction of sp³-hybridized carbons (Fsp3) is 0.654. The summed E-state index contributed by atoms with van der Waals surface area (Å²) in [5.74, 6) is -1.04. The van der Waals surface area contributed by atoms with E-state index in [1.165, 1.54) is 83.5 Å². The first kappa shape index (κ1) is 37.2. The number of nitrogens with one attached hydrogen (secondary N) is 1. The van der Waals surface area contributed by atoms with Crippen LogP contribution in [-0.4, -0.2) is 12.5 Å². The second kappa shape index (κ2) is 31.7. The van der Waals surface area contributed by atoms with Gasteiger partial charge >= 0.3 is 103 Å². The Morgan fingerprint density at radius 1 is 0.774 bits per heavy atom. The van der Waals surface area contributed by atoms with Crippen LogP contribution in [0.5, 0.6) is 0 Å². The third-order valence-corrected chi connectivity index (χ3v) is 4.88. The Bertz CT molecular complexity index is 495. The van der Waals surface area contributed by atoms with Gasteiger partial charge in [-0.25, -0.2) is 0 Å². The Morgan fingerprint density at radius 2 is 1.23 bits per heavy atom. The number of aliphatic carboxylic acids is 1. The van der Waals surface area contributed by atoms with Gasteiger partial charge in [-0.15, -0.1) is 0 Å². The molecule has 0 saturated carbocycles. The maximum absolute atomic E-state index is 10.1. The van der Waals surface area contributed by atoms with Crippen molar-refractivity contribution < 1.29 is 113 Å². The molecule has 0 bridgehead atoms. The van der Waals surface area contributed by atoms with E-state index in [-0.39, 0.29) is 109 Å². The molecule has 0 spiro atoms. The number of carboxylic acid groups (broad SMARTS) is 1. The minimum atomic E-state index is -1.04. The molecule has 3 nitrogen and oxygen atoms in total. The molecule has 0 unspecified atom stereocenters. The van der Waals surface area contributed by atoms with Crippen LogP contribution in [0, 0.1) is 0 Å². The van der Waals surface area contributed by atoms with Gasteiger partial charge < -0.3 is 15.6 Å². The average Bonchev–Trinajstić information content (AvgIpc) is 2.72. The summed E-state index contributed by atoms with van der Waals surface area (Å²) in [5.41, 5.74) is 7.85. The summed E-state index contributed by atoms with van der Waals surface area (Å²) in [6, 6.07) is 8.97. The monoisotopic (exact) mass is 479 g/mol. The first-order chi connectivity index (χ1) is 14.2. The molecule has 166 valence electrons. The Kier molecular flexibility index (Phi) is 38.0. The van der Waals surface area contributed by atoms with Gasteiger partial charge in [-0.1, -0.05) is 114 Å². The number of carbonyl (C=O) groups is 1. The number of unbranched alkanes of at least 4 members (excludes halogenated alkanes) is 12. The van der Waals surface area contributed by atoms with E-state index in [0.717, 1.165) is 12.0 Å². The van der Waals surface area contributed by atoms with E-state index in [9.17, 15) is 9.90 Å². The fourth-order valence-corrected chi connectivity index (χ4v) is 3.14. The number of carbonyl (C=O) groups excluding carboxylic acids is 1. The molecule has 0 heterocycles. The number of benzene rings is 1. The van der Waals surface area contributed by atoms with Crippen LogP contribution >= 0.6 is 0 Å². The molecule has 0 aliphatic rings. The molecule has 0 fully saturated rings. The van der Waals surface area contributed by atoms with Crippen LogP contribution in [0.3, 0.4) is 0 Å². The van der Waals surface area contributed by atoms with E-state index in [4.69, 9.17) is 5.73 Å². The van der Waals surface area contributed by atoms with E-state index in [1.54, 1.807) is 24.3 Å². The molecule has 1 rings (SSSR count). The Morgan fingerprint density at radius 3 is 1.68 bits per heavy atom.